The number of piperidine rings is 1. The maximum Gasteiger partial charge on any atom is 0.322 e. The van der Waals surface area contributed by atoms with Gasteiger partial charge >= 0.3 is 6.03 Å². The van der Waals surface area contributed by atoms with E-state index >= 15 is 0 Å². The summed E-state index contributed by atoms with van der Waals surface area (Å²) >= 11 is 0. The second-order valence-electron chi connectivity index (χ2n) is 13.3. The predicted octanol–water partition coefficient (Wildman–Crippen LogP) is 4.16. The number of hydrogen-bond donors (Lipinski definition) is 2. The van der Waals surface area contributed by atoms with E-state index in [-0.39, 0.29) is 18.0 Å². The minimum absolute atomic E-state index is 0.00981. The Labute approximate surface area is 273 Å². The zero-order valence-corrected chi connectivity index (χ0v) is 27.5. The van der Waals surface area contributed by atoms with Crippen LogP contribution in [-0.2, 0) is 27.1 Å². The quantitative estimate of drug-likeness (QED) is 0.334. The Morgan fingerprint density at radius 1 is 0.957 bits per heavy atom. The molecule has 0 unspecified atom stereocenters. The largest absolute Gasteiger partial charge is 0.466 e. The zero-order chi connectivity index (χ0) is 32.2. The molecule has 3 fully saturated rings. The average Bonchev–Trinajstić information content (AvgIpc) is 3.25. The standard InChI is InChI=1S/C36H50N6O4/c1-25-22-28(23-26(2)34(25)37)24-33(35(43)41-18-16-40(17-19-41)30-11-20-45-21-12-30)46-27(3)39-13-9-31(10-14-39)42-15-8-29-6-4-5-7-32(29)38-36(42)44/h4-7,22-23,30-31,33H,3,8-21,24,37H2,1-2H3,(H,38,44)/t33-/m1/s1. The summed E-state index contributed by atoms with van der Waals surface area (Å²) in [6, 6.07) is 12.8. The molecule has 0 aliphatic carbocycles. The molecule has 0 aromatic heterocycles. The summed E-state index contributed by atoms with van der Waals surface area (Å²) in [7, 11) is 0. The molecule has 248 valence electrons. The van der Waals surface area contributed by atoms with Crippen molar-refractivity contribution in [2.75, 3.05) is 70.1 Å². The number of para-hydroxylation sites is 1. The van der Waals surface area contributed by atoms with E-state index in [2.05, 4.69) is 39.9 Å². The first-order chi connectivity index (χ1) is 22.3. The Kier molecular flexibility index (Phi) is 10.0. The van der Waals surface area contributed by atoms with Gasteiger partial charge in [-0.3, -0.25) is 9.69 Å². The third-order valence-electron chi connectivity index (χ3n) is 10.4. The smallest absolute Gasteiger partial charge is 0.322 e. The lowest BCUT2D eigenvalue weighted by Crippen LogP contribution is -2.55. The number of piperazine rings is 1. The summed E-state index contributed by atoms with van der Waals surface area (Å²) < 4.78 is 12.1. The van der Waals surface area contributed by atoms with Crippen molar-refractivity contribution in [3.63, 3.8) is 0 Å². The van der Waals surface area contributed by atoms with Crippen LogP contribution in [0.4, 0.5) is 16.2 Å². The first-order valence-corrected chi connectivity index (χ1v) is 17.0. The number of benzene rings is 2. The van der Waals surface area contributed by atoms with Gasteiger partial charge in [-0.2, -0.15) is 0 Å². The SMILES string of the molecule is C=C(O[C@H](Cc1cc(C)c(N)c(C)c1)C(=O)N1CCN(C2CCOCC2)CC1)N1CCC(N2CCc3ccccc3NC2=O)CC1. The number of hydrogen-bond acceptors (Lipinski definition) is 7. The highest BCUT2D eigenvalue weighted by molar-refractivity contribution is 5.91. The number of urea groups is 1. The molecule has 4 aliphatic heterocycles. The Hall–Kier alpha value is -3.76. The van der Waals surface area contributed by atoms with Crippen LogP contribution < -0.4 is 11.1 Å². The van der Waals surface area contributed by atoms with Crippen LogP contribution >= 0.6 is 0 Å². The number of nitrogens with zero attached hydrogens (tertiary/aromatic N) is 4. The molecule has 4 aliphatic rings. The first kappa shape index (κ1) is 32.2. The van der Waals surface area contributed by atoms with Crippen LogP contribution in [-0.4, -0.2) is 109 Å². The molecule has 1 atom stereocenters. The fraction of sp³-hybridized carbons (Fsp3) is 0.556. The third kappa shape index (κ3) is 7.28. The molecular weight excluding hydrogens is 580 g/mol. The number of anilines is 2. The zero-order valence-electron chi connectivity index (χ0n) is 27.5. The molecule has 0 saturated carbocycles. The van der Waals surface area contributed by atoms with E-state index in [0.717, 1.165) is 86.5 Å². The van der Waals surface area contributed by atoms with Crippen LogP contribution in [0, 0.1) is 13.8 Å². The molecule has 10 heteroatoms. The summed E-state index contributed by atoms with van der Waals surface area (Å²) in [6.45, 7) is 15.2. The topological polar surface area (TPSA) is 104 Å². The normalized spacial score (nSPS) is 20.9. The number of nitrogens with two attached hydrogens (primary N) is 1. The summed E-state index contributed by atoms with van der Waals surface area (Å²) in [4.78, 5) is 35.8. The van der Waals surface area contributed by atoms with Gasteiger partial charge in [0.25, 0.3) is 5.91 Å². The molecule has 2 aromatic carbocycles. The van der Waals surface area contributed by atoms with E-state index in [0.29, 0.717) is 51.1 Å². The number of carbonyl (C=O) groups is 2. The Balaban J connectivity index is 1.09. The molecule has 0 radical (unpaired) electrons. The second-order valence-corrected chi connectivity index (χ2v) is 13.3. The molecule has 3 saturated heterocycles. The summed E-state index contributed by atoms with van der Waals surface area (Å²) in [5.74, 6) is 0.532. The first-order valence-electron chi connectivity index (χ1n) is 17.0. The number of carbonyl (C=O) groups excluding carboxylic acids is 2. The van der Waals surface area contributed by atoms with Gasteiger partial charge in [-0.25, -0.2) is 4.79 Å². The van der Waals surface area contributed by atoms with E-state index in [9.17, 15) is 9.59 Å². The summed E-state index contributed by atoms with van der Waals surface area (Å²) in [5.41, 5.74) is 12.2. The third-order valence-corrected chi connectivity index (χ3v) is 10.4. The fourth-order valence-electron chi connectivity index (χ4n) is 7.54. The number of ether oxygens (including phenoxy) is 2. The van der Waals surface area contributed by atoms with Gasteiger partial charge in [0.2, 0.25) is 0 Å². The van der Waals surface area contributed by atoms with Gasteiger partial charge in [-0.05, 0) is 80.9 Å². The number of rotatable bonds is 8. The van der Waals surface area contributed by atoms with Crippen molar-refractivity contribution in [2.45, 2.75) is 70.6 Å². The van der Waals surface area contributed by atoms with Gasteiger partial charge in [0.1, 0.15) is 0 Å². The number of nitrogen functional groups attached to an aromatic ring is 1. The van der Waals surface area contributed by atoms with Gasteiger partial charge in [-0.15, -0.1) is 0 Å². The molecule has 10 nitrogen and oxygen atoms in total. The highest BCUT2D eigenvalue weighted by atomic mass is 16.5. The molecule has 6 rings (SSSR count). The molecule has 0 spiro atoms. The molecular formula is C36H50N6O4. The predicted molar refractivity (Wildman–Crippen MR) is 181 cm³/mol. The molecule has 46 heavy (non-hydrogen) atoms. The van der Waals surface area contributed by atoms with Gasteiger partial charge in [-0.1, -0.05) is 30.3 Å². The minimum Gasteiger partial charge on any atom is -0.466 e. The van der Waals surface area contributed by atoms with Crippen molar-refractivity contribution in [3.05, 3.63) is 71.1 Å². The Morgan fingerprint density at radius 3 is 2.33 bits per heavy atom. The van der Waals surface area contributed by atoms with Crippen molar-refractivity contribution >= 4 is 23.3 Å². The lowest BCUT2D eigenvalue weighted by molar-refractivity contribution is -0.145. The van der Waals surface area contributed by atoms with Gasteiger partial charge in [0, 0.05) is 88.9 Å². The van der Waals surface area contributed by atoms with Gasteiger partial charge < -0.3 is 35.2 Å². The monoisotopic (exact) mass is 630 g/mol. The molecule has 4 heterocycles. The van der Waals surface area contributed by atoms with Crippen LogP contribution in [0.5, 0.6) is 0 Å². The average molecular weight is 631 g/mol. The summed E-state index contributed by atoms with van der Waals surface area (Å²) in [6.07, 6.45) is 4.35. The number of fused-ring (bicyclic) bond motifs is 1. The van der Waals surface area contributed by atoms with E-state index in [1.807, 2.05) is 41.8 Å². The van der Waals surface area contributed by atoms with Crippen LogP contribution in [0.25, 0.3) is 0 Å². The van der Waals surface area contributed by atoms with Crippen LogP contribution in [0.2, 0.25) is 0 Å². The maximum atomic E-state index is 14.1. The van der Waals surface area contributed by atoms with Crippen molar-refractivity contribution in [1.29, 1.82) is 0 Å². The minimum atomic E-state index is -0.683. The van der Waals surface area contributed by atoms with Crippen molar-refractivity contribution in [1.82, 2.24) is 19.6 Å². The van der Waals surface area contributed by atoms with Crippen molar-refractivity contribution < 1.29 is 19.1 Å². The summed E-state index contributed by atoms with van der Waals surface area (Å²) in [5, 5.41) is 3.10. The van der Waals surface area contributed by atoms with Gasteiger partial charge in [0.15, 0.2) is 12.0 Å². The van der Waals surface area contributed by atoms with Crippen molar-refractivity contribution in [2.24, 2.45) is 0 Å². The van der Waals surface area contributed by atoms with Crippen molar-refractivity contribution in [3.8, 4) is 0 Å². The lowest BCUT2D eigenvalue weighted by Gasteiger charge is -2.42. The van der Waals surface area contributed by atoms with E-state index in [1.165, 1.54) is 5.56 Å². The van der Waals surface area contributed by atoms with Gasteiger partial charge in [0.05, 0.1) is 0 Å². The Bertz CT molecular complexity index is 1390. The molecule has 3 N–H and O–H groups in total. The highest BCUT2D eigenvalue weighted by Crippen LogP contribution is 2.27. The second kappa shape index (κ2) is 14.3. The van der Waals surface area contributed by atoms with Crippen LogP contribution in [0.15, 0.2) is 48.9 Å². The molecule has 0 bridgehead atoms. The van der Waals surface area contributed by atoms with E-state index in [4.69, 9.17) is 15.2 Å². The molecule has 3 amide bonds. The van der Waals surface area contributed by atoms with Crippen LogP contribution in [0.1, 0.15) is 47.9 Å². The van der Waals surface area contributed by atoms with Crippen LogP contribution in [0.3, 0.4) is 0 Å². The van der Waals surface area contributed by atoms with E-state index < -0.39 is 6.10 Å². The number of likely N-dealkylation sites (tertiary alicyclic amines) is 1. The number of nitrogens with one attached hydrogen (secondary N) is 1. The lowest BCUT2D eigenvalue weighted by atomic mass is 9.99. The maximum absolute atomic E-state index is 14.1. The molecule has 2 aromatic rings. The van der Waals surface area contributed by atoms with E-state index in [1.54, 1.807) is 0 Å². The number of aryl methyl sites for hydroxylation is 2. The Morgan fingerprint density at radius 2 is 1.63 bits per heavy atom. The highest BCUT2D eigenvalue weighted by Gasteiger charge is 2.34. The fourth-order valence-corrected chi connectivity index (χ4v) is 7.54. The number of amides is 3.